The van der Waals surface area contributed by atoms with Gasteiger partial charge in [0, 0.05) is 25.2 Å². The van der Waals surface area contributed by atoms with Gasteiger partial charge in [0.25, 0.3) is 0 Å². The molecule has 6 nitrogen and oxygen atoms in total. The van der Waals surface area contributed by atoms with Gasteiger partial charge in [-0.3, -0.25) is 4.79 Å². The van der Waals surface area contributed by atoms with E-state index >= 15 is 0 Å². The minimum atomic E-state index is -3.05. The number of rotatable bonds is 2. The lowest BCUT2D eigenvalue weighted by atomic mass is 10.3. The summed E-state index contributed by atoms with van der Waals surface area (Å²) in [4.78, 5) is 23.0. The number of nitrogens with zero attached hydrogens (tertiary/aromatic N) is 1. The lowest BCUT2D eigenvalue weighted by molar-refractivity contribution is -0.132. The van der Waals surface area contributed by atoms with Crippen LogP contribution in [0.1, 0.15) is 6.42 Å². The number of carbonyl (C=O) groups is 2. The summed E-state index contributed by atoms with van der Waals surface area (Å²) in [7, 11) is -3.05. The van der Waals surface area contributed by atoms with Crippen molar-refractivity contribution in [3.8, 4) is 0 Å². The molecule has 0 saturated carbocycles. The monoisotopic (exact) mass is 247 g/mol. The number of hydrogen-bond donors (Lipinski definition) is 1. The summed E-state index contributed by atoms with van der Waals surface area (Å²) in [5, 5.41) is 8.35. The van der Waals surface area contributed by atoms with Gasteiger partial charge in [-0.05, 0) is 6.42 Å². The SMILES string of the molecule is O=C(O)/C=C/C(=O)N1CCCS(=O)(=O)CC1. The summed E-state index contributed by atoms with van der Waals surface area (Å²) in [5.41, 5.74) is 0. The highest BCUT2D eigenvalue weighted by Crippen LogP contribution is 2.05. The molecule has 0 aliphatic carbocycles. The fraction of sp³-hybridized carbons (Fsp3) is 0.556. The predicted octanol–water partition coefficient (Wildman–Crippen LogP) is -0.726. The van der Waals surface area contributed by atoms with Crippen LogP contribution in [-0.4, -0.2) is 54.9 Å². The van der Waals surface area contributed by atoms with Gasteiger partial charge in [-0.15, -0.1) is 0 Å². The van der Waals surface area contributed by atoms with Gasteiger partial charge in [0.05, 0.1) is 11.5 Å². The van der Waals surface area contributed by atoms with E-state index in [-0.39, 0.29) is 18.1 Å². The summed E-state index contributed by atoms with van der Waals surface area (Å²) in [6.07, 6.45) is 2.09. The largest absolute Gasteiger partial charge is 0.478 e. The second kappa shape index (κ2) is 5.11. The van der Waals surface area contributed by atoms with Crippen molar-refractivity contribution >= 4 is 21.7 Å². The van der Waals surface area contributed by atoms with Gasteiger partial charge >= 0.3 is 5.97 Å². The highest BCUT2D eigenvalue weighted by Gasteiger charge is 2.21. The van der Waals surface area contributed by atoms with Crippen LogP contribution in [0.25, 0.3) is 0 Å². The molecule has 1 heterocycles. The van der Waals surface area contributed by atoms with Gasteiger partial charge < -0.3 is 10.0 Å². The van der Waals surface area contributed by atoms with Crippen LogP contribution in [0.15, 0.2) is 12.2 Å². The summed E-state index contributed by atoms with van der Waals surface area (Å²) in [5.74, 6) is -1.63. The average Bonchev–Trinajstić information content (AvgIpc) is 2.35. The number of carboxylic acids is 1. The zero-order chi connectivity index (χ0) is 12.2. The quantitative estimate of drug-likeness (QED) is 0.650. The lowest BCUT2D eigenvalue weighted by Crippen LogP contribution is -2.32. The van der Waals surface area contributed by atoms with Crippen molar-refractivity contribution < 1.29 is 23.1 Å². The third-order valence-corrected chi connectivity index (χ3v) is 3.95. The first kappa shape index (κ1) is 12.7. The number of carbonyl (C=O) groups excluding carboxylic acids is 1. The molecule has 0 spiro atoms. The van der Waals surface area contributed by atoms with Crippen LogP contribution in [-0.2, 0) is 19.4 Å². The van der Waals surface area contributed by atoms with Crippen LogP contribution in [0.3, 0.4) is 0 Å². The van der Waals surface area contributed by atoms with Crippen molar-refractivity contribution in [2.45, 2.75) is 6.42 Å². The molecule has 0 aromatic rings. The Morgan fingerprint density at radius 3 is 2.44 bits per heavy atom. The van der Waals surface area contributed by atoms with E-state index in [1.807, 2.05) is 0 Å². The maximum absolute atomic E-state index is 11.4. The maximum atomic E-state index is 11.4. The van der Waals surface area contributed by atoms with Gasteiger partial charge in [-0.2, -0.15) is 0 Å². The van der Waals surface area contributed by atoms with E-state index in [9.17, 15) is 18.0 Å². The van der Waals surface area contributed by atoms with Crippen LogP contribution >= 0.6 is 0 Å². The Labute approximate surface area is 93.5 Å². The first-order chi connectivity index (χ1) is 7.41. The molecule has 1 amide bonds. The van der Waals surface area contributed by atoms with E-state index in [4.69, 9.17) is 5.11 Å². The normalized spacial score (nSPS) is 20.6. The molecule has 1 aliphatic heterocycles. The number of aliphatic carboxylic acids is 1. The lowest BCUT2D eigenvalue weighted by Gasteiger charge is -2.17. The zero-order valence-corrected chi connectivity index (χ0v) is 9.44. The fourth-order valence-electron chi connectivity index (χ4n) is 1.41. The number of carboxylic acid groups (broad SMARTS) is 1. The first-order valence-corrected chi connectivity index (χ1v) is 6.63. The number of hydrogen-bond acceptors (Lipinski definition) is 4. The van der Waals surface area contributed by atoms with Crippen molar-refractivity contribution in [1.82, 2.24) is 4.90 Å². The molecule has 0 bridgehead atoms. The maximum Gasteiger partial charge on any atom is 0.328 e. The zero-order valence-electron chi connectivity index (χ0n) is 8.63. The Morgan fingerprint density at radius 2 is 1.81 bits per heavy atom. The minimum Gasteiger partial charge on any atom is -0.478 e. The highest BCUT2D eigenvalue weighted by molar-refractivity contribution is 7.91. The van der Waals surface area contributed by atoms with Gasteiger partial charge in [0.15, 0.2) is 9.84 Å². The van der Waals surface area contributed by atoms with E-state index in [2.05, 4.69) is 0 Å². The Kier molecular flexibility index (Phi) is 4.05. The molecule has 1 aliphatic rings. The van der Waals surface area contributed by atoms with Gasteiger partial charge in [-0.1, -0.05) is 0 Å². The molecular weight excluding hydrogens is 234 g/mol. The van der Waals surface area contributed by atoms with Gasteiger partial charge in [0.1, 0.15) is 0 Å². The Morgan fingerprint density at radius 1 is 1.12 bits per heavy atom. The molecule has 1 N–H and O–H groups in total. The van der Waals surface area contributed by atoms with Crippen molar-refractivity contribution in [2.75, 3.05) is 24.6 Å². The molecule has 0 atom stereocenters. The summed E-state index contributed by atoms with van der Waals surface area (Å²) < 4.78 is 22.5. The van der Waals surface area contributed by atoms with Crippen LogP contribution in [0.4, 0.5) is 0 Å². The van der Waals surface area contributed by atoms with Crippen LogP contribution in [0.2, 0.25) is 0 Å². The highest BCUT2D eigenvalue weighted by atomic mass is 32.2. The Balaban J connectivity index is 2.61. The smallest absolute Gasteiger partial charge is 0.328 e. The number of sulfone groups is 1. The molecular formula is C9H13NO5S. The van der Waals surface area contributed by atoms with E-state index in [0.717, 1.165) is 12.2 Å². The third kappa shape index (κ3) is 4.01. The molecule has 0 unspecified atom stereocenters. The van der Waals surface area contributed by atoms with E-state index < -0.39 is 21.7 Å². The van der Waals surface area contributed by atoms with Crippen molar-refractivity contribution in [1.29, 1.82) is 0 Å². The fourth-order valence-corrected chi connectivity index (χ4v) is 2.68. The van der Waals surface area contributed by atoms with E-state index in [1.165, 1.54) is 4.90 Å². The molecule has 90 valence electrons. The number of amides is 1. The minimum absolute atomic E-state index is 0.0559. The molecule has 0 radical (unpaired) electrons. The molecule has 0 aromatic carbocycles. The van der Waals surface area contributed by atoms with Crippen molar-refractivity contribution in [3.05, 3.63) is 12.2 Å². The summed E-state index contributed by atoms with van der Waals surface area (Å²) >= 11 is 0. The summed E-state index contributed by atoms with van der Waals surface area (Å²) in [6.45, 7) is 0.479. The third-order valence-electron chi connectivity index (χ3n) is 2.24. The standard InChI is InChI=1S/C9H13NO5S/c11-8(2-3-9(12)13)10-4-1-6-16(14,15)7-5-10/h2-3H,1,4-7H2,(H,12,13)/b3-2+. The van der Waals surface area contributed by atoms with Crippen molar-refractivity contribution in [2.24, 2.45) is 0 Å². The Hall–Kier alpha value is -1.37. The molecule has 0 aromatic heterocycles. The van der Waals surface area contributed by atoms with E-state index in [0.29, 0.717) is 13.0 Å². The van der Waals surface area contributed by atoms with Gasteiger partial charge in [-0.25, -0.2) is 13.2 Å². The Bertz CT molecular complexity index is 412. The molecule has 7 heteroatoms. The summed E-state index contributed by atoms with van der Waals surface area (Å²) in [6, 6.07) is 0. The molecule has 1 rings (SSSR count). The van der Waals surface area contributed by atoms with Gasteiger partial charge in [0.2, 0.25) is 5.91 Å². The van der Waals surface area contributed by atoms with E-state index in [1.54, 1.807) is 0 Å². The van der Waals surface area contributed by atoms with Crippen LogP contribution in [0.5, 0.6) is 0 Å². The second-order valence-corrected chi connectivity index (χ2v) is 5.81. The molecule has 16 heavy (non-hydrogen) atoms. The second-order valence-electron chi connectivity index (χ2n) is 3.50. The topological polar surface area (TPSA) is 91.8 Å². The van der Waals surface area contributed by atoms with Crippen LogP contribution in [0, 0.1) is 0 Å². The van der Waals surface area contributed by atoms with Crippen LogP contribution < -0.4 is 0 Å². The first-order valence-electron chi connectivity index (χ1n) is 4.81. The van der Waals surface area contributed by atoms with Crippen molar-refractivity contribution in [3.63, 3.8) is 0 Å². The molecule has 1 saturated heterocycles. The molecule has 1 fully saturated rings. The predicted molar refractivity (Wildman–Crippen MR) is 56.6 cm³/mol. The average molecular weight is 247 g/mol.